The standard InChI is InChI=1S/C21H27N3O2.ClH/c1-3-4-13-23-20(25)18-11-7-16(8-12-18)14-24-21(26)19(22)17-9-5-15(2)6-10-17;/h5-12,19H,3-4,13-14,22H2,1-2H3,(H,23,25)(H,24,26);1H. The van der Waals surface area contributed by atoms with Crippen molar-refractivity contribution in [1.29, 1.82) is 0 Å². The highest BCUT2D eigenvalue weighted by Crippen LogP contribution is 2.12. The number of carbonyl (C=O) groups excluding carboxylic acids is 2. The molecule has 0 fully saturated rings. The maximum absolute atomic E-state index is 12.2. The van der Waals surface area contributed by atoms with Crippen molar-refractivity contribution >= 4 is 24.2 Å². The second-order valence-corrected chi connectivity index (χ2v) is 6.41. The molecular weight excluding hydrogens is 362 g/mol. The first-order valence-electron chi connectivity index (χ1n) is 8.98. The summed E-state index contributed by atoms with van der Waals surface area (Å²) in [6.07, 6.45) is 2.01. The van der Waals surface area contributed by atoms with Crippen molar-refractivity contribution in [2.45, 2.75) is 39.3 Å². The maximum Gasteiger partial charge on any atom is 0.251 e. The number of unbranched alkanes of at least 4 members (excludes halogenated alkanes) is 1. The summed E-state index contributed by atoms with van der Waals surface area (Å²) in [6.45, 7) is 5.13. The molecule has 27 heavy (non-hydrogen) atoms. The minimum atomic E-state index is -0.695. The zero-order valence-electron chi connectivity index (χ0n) is 15.8. The third-order valence-electron chi connectivity index (χ3n) is 4.22. The number of halogens is 1. The summed E-state index contributed by atoms with van der Waals surface area (Å²) in [4.78, 5) is 24.2. The van der Waals surface area contributed by atoms with Crippen molar-refractivity contribution in [3.63, 3.8) is 0 Å². The van der Waals surface area contributed by atoms with Gasteiger partial charge < -0.3 is 16.4 Å². The van der Waals surface area contributed by atoms with Crippen molar-refractivity contribution in [2.24, 2.45) is 5.73 Å². The Morgan fingerprint density at radius 2 is 1.63 bits per heavy atom. The molecular formula is C21H28ClN3O2. The summed E-state index contributed by atoms with van der Waals surface area (Å²) in [7, 11) is 0. The van der Waals surface area contributed by atoms with Crippen LogP contribution in [0.5, 0.6) is 0 Å². The normalized spacial score (nSPS) is 11.2. The molecule has 5 nitrogen and oxygen atoms in total. The number of nitrogens with two attached hydrogens (primary N) is 1. The summed E-state index contributed by atoms with van der Waals surface area (Å²) in [5.41, 5.74) is 9.45. The van der Waals surface area contributed by atoms with Crippen LogP contribution in [0.1, 0.15) is 52.9 Å². The molecule has 0 spiro atoms. The average molecular weight is 390 g/mol. The van der Waals surface area contributed by atoms with Crippen LogP contribution < -0.4 is 16.4 Å². The Hall–Kier alpha value is -2.37. The van der Waals surface area contributed by atoms with Crippen LogP contribution in [0.3, 0.4) is 0 Å². The molecule has 2 amide bonds. The van der Waals surface area contributed by atoms with Crippen molar-refractivity contribution < 1.29 is 9.59 Å². The first kappa shape index (κ1) is 22.7. The number of hydrogen-bond acceptors (Lipinski definition) is 3. The van der Waals surface area contributed by atoms with Gasteiger partial charge in [0, 0.05) is 18.7 Å². The number of hydrogen-bond donors (Lipinski definition) is 3. The van der Waals surface area contributed by atoms with E-state index in [4.69, 9.17) is 5.73 Å². The van der Waals surface area contributed by atoms with Gasteiger partial charge in [0.15, 0.2) is 0 Å². The highest BCUT2D eigenvalue weighted by Gasteiger charge is 2.15. The first-order chi connectivity index (χ1) is 12.5. The van der Waals surface area contributed by atoms with E-state index >= 15 is 0 Å². The van der Waals surface area contributed by atoms with Gasteiger partial charge in [-0.15, -0.1) is 12.4 Å². The lowest BCUT2D eigenvalue weighted by Gasteiger charge is -2.13. The van der Waals surface area contributed by atoms with Gasteiger partial charge in [0.2, 0.25) is 5.91 Å². The van der Waals surface area contributed by atoms with Crippen LogP contribution in [0.15, 0.2) is 48.5 Å². The predicted molar refractivity (Wildman–Crippen MR) is 111 cm³/mol. The van der Waals surface area contributed by atoms with Crippen LogP contribution in [0.2, 0.25) is 0 Å². The largest absolute Gasteiger partial charge is 0.352 e. The van der Waals surface area contributed by atoms with Gasteiger partial charge in [-0.1, -0.05) is 55.3 Å². The van der Waals surface area contributed by atoms with Gasteiger partial charge in [0.1, 0.15) is 6.04 Å². The summed E-state index contributed by atoms with van der Waals surface area (Å²) in [5, 5.41) is 5.72. The van der Waals surface area contributed by atoms with Crippen molar-refractivity contribution in [2.75, 3.05) is 6.54 Å². The van der Waals surface area contributed by atoms with E-state index in [2.05, 4.69) is 17.6 Å². The molecule has 2 rings (SSSR count). The topological polar surface area (TPSA) is 84.2 Å². The number of benzene rings is 2. The number of rotatable bonds is 8. The van der Waals surface area contributed by atoms with Crippen LogP contribution in [-0.4, -0.2) is 18.4 Å². The minimum absolute atomic E-state index is 0. The quantitative estimate of drug-likeness (QED) is 0.606. The monoisotopic (exact) mass is 389 g/mol. The lowest BCUT2D eigenvalue weighted by Crippen LogP contribution is -2.33. The number of nitrogens with one attached hydrogen (secondary N) is 2. The molecule has 1 atom stereocenters. The van der Waals surface area contributed by atoms with Crippen LogP contribution in [0.25, 0.3) is 0 Å². The first-order valence-corrected chi connectivity index (χ1v) is 8.98. The molecule has 0 aliphatic rings. The smallest absolute Gasteiger partial charge is 0.251 e. The van der Waals surface area contributed by atoms with Crippen LogP contribution in [-0.2, 0) is 11.3 Å². The van der Waals surface area contributed by atoms with Gasteiger partial charge in [-0.2, -0.15) is 0 Å². The van der Waals surface area contributed by atoms with Crippen LogP contribution >= 0.6 is 12.4 Å². The molecule has 146 valence electrons. The Morgan fingerprint density at radius 3 is 2.22 bits per heavy atom. The van der Waals surface area contributed by atoms with Crippen molar-refractivity contribution in [3.8, 4) is 0 Å². The van der Waals surface area contributed by atoms with Gasteiger partial charge in [0.25, 0.3) is 5.91 Å². The van der Waals surface area contributed by atoms with Crippen molar-refractivity contribution in [3.05, 3.63) is 70.8 Å². The predicted octanol–water partition coefficient (Wildman–Crippen LogP) is 3.26. The van der Waals surface area contributed by atoms with Crippen molar-refractivity contribution in [1.82, 2.24) is 10.6 Å². The highest BCUT2D eigenvalue weighted by molar-refractivity contribution is 5.94. The third kappa shape index (κ3) is 7.04. The lowest BCUT2D eigenvalue weighted by atomic mass is 10.1. The summed E-state index contributed by atoms with van der Waals surface area (Å²) in [6, 6.07) is 14.1. The molecule has 4 N–H and O–H groups in total. The molecule has 1 unspecified atom stereocenters. The Bertz CT molecular complexity index is 730. The maximum atomic E-state index is 12.2. The Kier molecular flexibility index (Phi) is 9.54. The SMILES string of the molecule is CCCCNC(=O)c1ccc(CNC(=O)C(N)c2ccc(C)cc2)cc1.Cl. The fraction of sp³-hybridized carbons (Fsp3) is 0.333. The van der Waals surface area contributed by atoms with Gasteiger partial charge in [-0.05, 0) is 36.6 Å². The molecule has 6 heteroatoms. The van der Waals surface area contributed by atoms with E-state index in [0.717, 1.165) is 29.5 Å². The highest BCUT2D eigenvalue weighted by atomic mass is 35.5. The molecule has 0 saturated carbocycles. The van der Waals surface area contributed by atoms with Gasteiger partial charge >= 0.3 is 0 Å². The summed E-state index contributed by atoms with van der Waals surface area (Å²) < 4.78 is 0. The van der Waals surface area contributed by atoms with E-state index in [1.54, 1.807) is 12.1 Å². The zero-order valence-corrected chi connectivity index (χ0v) is 16.6. The molecule has 0 radical (unpaired) electrons. The van der Waals surface area contributed by atoms with E-state index in [9.17, 15) is 9.59 Å². The second kappa shape index (κ2) is 11.4. The van der Waals surface area contributed by atoms with Gasteiger partial charge in [0.05, 0.1) is 0 Å². The fourth-order valence-corrected chi connectivity index (χ4v) is 2.48. The Labute approximate surface area is 167 Å². The van der Waals surface area contributed by atoms with E-state index in [1.807, 2.05) is 43.3 Å². The molecule has 2 aromatic rings. The Balaban J connectivity index is 0.00000364. The van der Waals surface area contributed by atoms with Crippen LogP contribution in [0, 0.1) is 6.92 Å². The molecule has 0 bridgehead atoms. The molecule has 0 saturated heterocycles. The van der Waals surface area contributed by atoms with Crippen LogP contribution in [0.4, 0.5) is 0 Å². The van der Waals surface area contributed by atoms with Gasteiger partial charge in [-0.3, -0.25) is 9.59 Å². The Morgan fingerprint density at radius 1 is 1.00 bits per heavy atom. The second-order valence-electron chi connectivity index (χ2n) is 6.41. The number of amides is 2. The van der Waals surface area contributed by atoms with E-state index in [1.165, 1.54) is 0 Å². The minimum Gasteiger partial charge on any atom is -0.352 e. The lowest BCUT2D eigenvalue weighted by molar-refractivity contribution is -0.122. The number of aryl methyl sites for hydroxylation is 1. The molecule has 0 heterocycles. The summed E-state index contributed by atoms with van der Waals surface area (Å²) >= 11 is 0. The number of carbonyl (C=O) groups is 2. The summed E-state index contributed by atoms with van der Waals surface area (Å²) in [5.74, 6) is -0.300. The van der Waals surface area contributed by atoms with Gasteiger partial charge in [-0.25, -0.2) is 0 Å². The van der Waals surface area contributed by atoms with E-state index in [-0.39, 0.29) is 24.2 Å². The van der Waals surface area contributed by atoms with E-state index < -0.39 is 6.04 Å². The van der Waals surface area contributed by atoms with E-state index in [0.29, 0.717) is 18.7 Å². The zero-order chi connectivity index (χ0) is 18.9. The fourth-order valence-electron chi connectivity index (χ4n) is 2.48. The molecule has 0 aliphatic carbocycles. The molecule has 0 aromatic heterocycles. The molecule has 2 aromatic carbocycles. The molecule has 0 aliphatic heterocycles. The average Bonchev–Trinajstić information content (AvgIpc) is 2.66. The third-order valence-corrected chi connectivity index (χ3v) is 4.22.